The standard InChI is InChI=1S/C28H30F2N8O6/c1-38-11-10-35-24(38)15-4-2-5-16(12-15)42-25-20(29)22(43-18(27(40)41)6-3-9-36-28(33)34)21(30)26(37-25)44-19-13-14(23(31)32)7-8-17(19)39/h2,4-5,7-8,12-13,18,39H,3,6,9-11H2,1H3,(H3,31,32)(H,40,41)(H4,33,34,36). The molecule has 0 radical (unpaired) electrons. The van der Waals surface area contributed by atoms with Gasteiger partial charge in [0.25, 0.3) is 11.8 Å². The fourth-order valence-corrected chi connectivity index (χ4v) is 4.13. The maximum Gasteiger partial charge on any atom is 0.344 e. The van der Waals surface area contributed by atoms with E-state index in [9.17, 15) is 15.0 Å². The number of phenols is 1. The number of ether oxygens (including phenoxy) is 3. The molecule has 232 valence electrons. The summed E-state index contributed by atoms with van der Waals surface area (Å²) in [5.41, 5.74) is 11.5. The number of benzene rings is 2. The van der Waals surface area contributed by atoms with Crippen LogP contribution in [0.1, 0.15) is 24.0 Å². The van der Waals surface area contributed by atoms with Gasteiger partial charge in [-0.2, -0.15) is 13.8 Å². The van der Waals surface area contributed by atoms with E-state index in [4.69, 9.17) is 36.5 Å². The monoisotopic (exact) mass is 612 g/mol. The molecule has 3 aromatic rings. The van der Waals surface area contributed by atoms with Crippen LogP contribution < -0.4 is 31.0 Å². The fraction of sp³-hybridized carbons (Fsp3) is 0.250. The molecule has 0 aliphatic carbocycles. The van der Waals surface area contributed by atoms with E-state index in [1.54, 1.807) is 18.2 Å². The number of guanidine groups is 1. The van der Waals surface area contributed by atoms with Crippen LogP contribution in [0.4, 0.5) is 8.78 Å². The number of nitrogens with zero attached hydrogens (tertiary/aromatic N) is 3. The Morgan fingerprint density at radius 1 is 1.14 bits per heavy atom. The Hall–Kier alpha value is -5.67. The molecule has 1 unspecified atom stereocenters. The van der Waals surface area contributed by atoms with E-state index in [0.717, 1.165) is 12.1 Å². The molecule has 2 heterocycles. The average molecular weight is 613 g/mol. The summed E-state index contributed by atoms with van der Waals surface area (Å²) in [6, 6.07) is 10.1. The third-order valence-electron chi connectivity index (χ3n) is 6.31. The molecule has 1 atom stereocenters. The molecule has 1 aromatic heterocycles. The first kappa shape index (κ1) is 31.3. The van der Waals surface area contributed by atoms with Crippen LogP contribution in [-0.2, 0) is 4.79 Å². The number of nitrogen functional groups attached to an aromatic ring is 1. The lowest BCUT2D eigenvalue weighted by Crippen LogP contribution is -2.33. The highest BCUT2D eigenvalue weighted by atomic mass is 19.1. The van der Waals surface area contributed by atoms with Crippen LogP contribution in [-0.4, -0.2) is 76.5 Å². The number of aliphatic carboxylic acids is 1. The molecule has 0 fully saturated rings. The maximum atomic E-state index is 15.8. The molecule has 2 aromatic carbocycles. The van der Waals surface area contributed by atoms with E-state index in [2.05, 4.69) is 15.3 Å². The second-order valence-corrected chi connectivity index (χ2v) is 9.56. The number of carboxylic acids is 1. The Bertz CT molecular complexity index is 1620. The third-order valence-corrected chi connectivity index (χ3v) is 6.31. The topological polar surface area (TPSA) is 225 Å². The molecule has 44 heavy (non-hydrogen) atoms. The molecule has 0 bridgehead atoms. The number of aliphatic imine (C=N–C) groups is 1. The number of aromatic hydroxyl groups is 1. The van der Waals surface area contributed by atoms with Crippen molar-refractivity contribution in [3.8, 4) is 34.8 Å². The summed E-state index contributed by atoms with van der Waals surface area (Å²) in [5.74, 6) is -8.21. The number of halogens is 2. The van der Waals surface area contributed by atoms with Crippen molar-refractivity contribution in [1.82, 2.24) is 15.2 Å². The Balaban J connectivity index is 1.74. The highest BCUT2D eigenvalue weighted by Gasteiger charge is 2.30. The van der Waals surface area contributed by atoms with Crippen LogP contribution >= 0.6 is 0 Å². The minimum atomic E-state index is -1.73. The van der Waals surface area contributed by atoms with Gasteiger partial charge in [-0.15, -0.1) is 0 Å². The molecule has 1 aliphatic rings. The fourth-order valence-electron chi connectivity index (χ4n) is 4.13. The predicted molar refractivity (Wildman–Crippen MR) is 155 cm³/mol. The molecule has 4 rings (SSSR count). The highest BCUT2D eigenvalue weighted by Crippen LogP contribution is 2.40. The van der Waals surface area contributed by atoms with Gasteiger partial charge in [-0.05, 0) is 43.2 Å². The number of hydrogen-bond acceptors (Lipinski definition) is 10. The van der Waals surface area contributed by atoms with Gasteiger partial charge in [0.1, 0.15) is 17.4 Å². The smallest absolute Gasteiger partial charge is 0.344 e. The molecule has 0 saturated heterocycles. The van der Waals surface area contributed by atoms with Gasteiger partial charge in [-0.25, -0.2) is 4.79 Å². The van der Waals surface area contributed by atoms with Gasteiger partial charge >= 0.3 is 5.97 Å². The van der Waals surface area contributed by atoms with Gasteiger partial charge in [0.15, 0.2) is 23.6 Å². The minimum Gasteiger partial charge on any atom is -0.504 e. The van der Waals surface area contributed by atoms with Crippen molar-refractivity contribution in [3.63, 3.8) is 0 Å². The summed E-state index contributed by atoms with van der Waals surface area (Å²) in [5, 5.41) is 37.3. The molecule has 1 aliphatic heterocycles. The van der Waals surface area contributed by atoms with E-state index in [-0.39, 0.29) is 48.2 Å². The molecule has 9 N–H and O–H groups in total. The SMILES string of the molecule is CN1CCN=C1c1cccc(Oc2nc(Oc3cc(C(=N)N)ccc3O)c(F)c(OC(CCCNC(=N)N)C(=O)O)c2F)c1. The van der Waals surface area contributed by atoms with Gasteiger partial charge in [-0.1, -0.05) is 12.1 Å². The molecule has 0 amide bonds. The summed E-state index contributed by atoms with van der Waals surface area (Å²) < 4.78 is 48.0. The summed E-state index contributed by atoms with van der Waals surface area (Å²) in [7, 11) is 1.86. The number of nitrogens with two attached hydrogens (primary N) is 2. The average Bonchev–Trinajstić information content (AvgIpc) is 3.41. The van der Waals surface area contributed by atoms with Gasteiger partial charge < -0.3 is 46.1 Å². The second-order valence-electron chi connectivity index (χ2n) is 9.56. The van der Waals surface area contributed by atoms with Crippen LogP contribution in [0.15, 0.2) is 47.5 Å². The zero-order valence-electron chi connectivity index (χ0n) is 23.4. The van der Waals surface area contributed by atoms with Crippen molar-refractivity contribution in [3.05, 3.63) is 65.2 Å². The maximum absolute atomic E-state index is 15.8. The summed E-state index contributed by atoms with van der Waals surface area (Å²) in [6.45, 7) is 1.41. The van der Waals surface area contributed by atoms with E-state index in [1.165, 1.54) is 12.1 Å². The summed E-state index contributed by atoms with van der Waals surface area (Å²) in [6.07, 6.45) is -1.83. The number of phenolic OH excluding ortho intramolecular Hbond substituents is 1. The number of hydrogen-bond donors (Lipinski definition) is 7. The van der Waals surface area contributed by atoms with Gasteiger partial charge in [0.2, 0.25) is 17.4 Å². The summed E-state index contributed by atoms with van der Waals surface area (Å²) in [4.78, 5) is 22.1. The molecule has 0 spiro atoms. The number of carbonyl (C=O) groups is 1. The number of likely N-dealkylation sites (N-methyl/N-ethyl adjacent to an activating group) is 1. The Kier molecular flexibility index (Phi) is 9.62. The normalized spacial score (nSPS) is 13.2. The Labute approximate surface area is 249 Å². The van der Waals surface area contributed by atoms with Gasteiger partial charge in [0.05, 0.1) is 6.54 Å². The van der Waals surface area contributed by atoms with Crippen LogP contribution in [0.5, 0.6) is 34.8 Å². The lowest BCUT2D eigenvalue weighted by molar-refractivity contribution is -0.145. The van der Waals surface area contributed by atoms with E-state index < -0.39 is 47.0 Å². The number of amidine groups is 2. The van der Waals surface area contributed by atoms with Crippen LogP contribution in [0.3, 0.4) is 0 Å². The molecule has 16 heteroatoms. The first-order valence-corrected chi connectivity index (χ1v) is 13.2. The number of nitrogens with one attached hydrogen (secondary N) is 3. The Morgan fingerprint density at radius 3 is 2.50 bits per heavy atom. The first-order valence-electron chi connectivity index (χ1n) is 13.2. The first-order chi connectivity index (χ1) is 20.9. The number of aromatic nitrogens is 1. The van der Waals surface area contributed by atoms with Gasteiger partial charge in [0, 0.05) is 31.3 Å². The van der Waals surface area contributed by atoms with Gasteiger partial charge in [-0.3, -0.25) is 15.8 Å². The predicted octanol–water partition coefficient (Wildman–Crippen LogP) is 2.72. The van der Waals surface area contributed by atoms with Crippen molar-refractivity contribution in [1.29, 1.82) is 10.8 Å². The van der Waals surface area contributed by atoms with E-state index >= 15 is 8.78 Å². The highest BCUT2D eigenvalue weighted by molar-refractivity contribution is 6.00. The lowest BCUT2D eigenvalue weighted by Gasteiger charge is -2.19. The van der Waals surface area contributed by atoms with Crippen LogP contribution in [0.25, 0.3) is 0 Å². The van der Waals surface area contributed by atoms with Crippen LogP contribution in [0.2, 0.25) is 0 Å². The van der Waals surface area contributed by atoms with Crippen molar-refractivity contribution in [2.24, 2.45) is 16.5 Å². The molecular weight excluding hydrogens is 582 g/mol. The molecule has 0 saturated carbocycles. The molecular formula is C28H30F2N8O6. The number of carboxylic acid groups (broad SMARTS) is 1. The van der Waals surface area contributed by atoms with Crippen molar-refractivity contribution >= 4 is 23.6 Å². The van der Waals surface area contributed by atoms with Crippen molar-refractivity contribution in [2.45, 2.75) is 18.9 Å². The van der Waals surface area contributed by atoms with Crippen molar-refractivity contribution in [2.75, 3.05) is 26.7 Å². The zero-order valence-corrected chi connectivity index (χ0v) is 23.4. The summed E-state index contributed by atoms with van der Waals surface area (Å²) >= 11 is 0. The van der Waals surface area contributed by atoms with E-state index in [1.807, 2.05) is 11.9 Å². The number of pyridine rings is 1. The minimum absolute atomic E-state index is 0.0897. The largest absolute Gasteiger partial charge is 0.504 e. The van der Waals surface area contributed by atoms with Crippen molar-refractivity contribution < 1.29 is 38.0 Å². The van der Waals surface area contributed by atoms with E-state index in [0.29, 0.717) is 24.5 Å². The Morgan fingerprint density at radius 2 is 1.86 bits per heavy atom. The number of rotatable bonds is 13. The lowest BCUT2D eigenvalue weighted by atomic mass is 10.2. The van der Waals surface area contributed by atoms with Crippen LogP contribution in [0, 0.1) is 22.5 Å². The molecule has 14 nitrogen and oxygen atoms in total. The second kappa shape index (κ2) is 13.5. The quantitative estimate of drug-likeness (QED) is 0.0844. The zero-order chi connectivity index (χ0) is 32.0. The third kappa shape index (κ3) is 7.39.